The molecule has 2 aromatic carbocycles. The molecule has 142 valence electrons. The van der Waals surface area contributed by atoms with E-state index >= 15 is 0 Å². The van der Waals surface area contributed by atoms with E-state index in [1.807, 2.05) is 30.3 Å². The molecule has 4 rings (SSSR count). The van der Waals surface area contributed by atoms with E-state index in [2.05, 4.69) is 12.2 Å². The van der Waals surface area contributed by atoms with E-state index in [1.54, 1.807) is 4.31 Å². The molecule has 0 saturated heterocycles. The van der Waals surface area contributed by atoms with Crippen molar-refractivity contribution in [2.24, 2.45) is 17.8 Å². The zero-order valence-corrected chi connectivity index (χ0v) is 17.1. The Morgan fingerprint density at radius 3 is 2.37 bits per heavy atom. The maximum Gasteiger partial charge on any atom is 0.243 e. The van der Waals surface area contributed by atoms with Gasteiger partial charge in [-0.1, -0.05) is 65.7 Å². The summed E-state index contributed by atoms with van der Waals surface area (Å²) in [5.41, 5.74) is 0.972. The van der Waals surface area contributed by atoms with Crippen molar-refractivity contribution in [2.75, 3.05) is 6.54 Å². The topological polar surface area (TPSA) is 37.4 Å². The smallest absolute Gasteiger partial charge is 0.207 e. The van der Waals surface area contributed by atoms with E-state index in [1.165, 1.54) is 18.2 Å². The molecule has 3 nitrogen and oxygen atoms in total. The van der Waals surface area contributed by atoms with Crippen LogP contribution in [0, 0.1) is 17.8 Å². The fraction of sp³-hybridized carbons (Fsp3) is 0.333. The van der Waals surface area contributed by atoms with E-state index in [0.717, 1.165) is 18.4 Å². The average molecular weight is 422 g/mol. The third-order valence-corrected chi connectivity index (χ3v) is 8.13. The molecular weight excluding hydrogens is 401 g/mol. The third kappa shape index (κ3) is 3.95. The number of nitrogens with zero attached hydrogens (tertiary/aromatic N) is 1. The van der Waals surface area contributed by atoms with Gasteiger partial charge < -0.3 is 0 Å². The molecule has 0 unspecified atom stereocenters. The van der Waals surface area contributed by atoms with Crippen LogP contribution in [0.4, 0.5) is 0 Å². The fourth-order valence-corrected chi connectivity index (χ4v) is 6.06. The summed E-state index contributed by atoms with van der Waals surface area (Å²) < 4.78 is 28.4. The lowest BCUT2D eigenvalue weighted by atomic mass is 9.93. The molecule has 2 aromatic rings. The van der Waals surface area contributed by atoms with Crippen LogP contribution in [0.5, 0.6) is 0 Å². The first-order valence-corrected chi connectivity index (χ1v) is 11.3. The highest BCUT2D eigenvalue weighted by atomic mass is 35.5. The minimum absolute atomic E-state index is 0.187. The second-order valence-corrected chi connectivity index (χ2v) is 10.2. The van der Waals surface area contributed by atoms with Crippen LogP contribution in [-0.2, 0) is 16.6 Å². The number of benzene rings is 2. The number of halogens is 2. The number of hydrogen-bond donors (Lipinski definition) is 0. The van der Waals surface area contributed by atoms with E-state index in [9.17, 15) is 8.42 Å². The van der Waals surface area contributed by atoms with Crippen molar-refractivity contribution in [3.8, 4) is 0 Å². The van der Waals surface area contributed by atoms with Crippen LogP contribution in [0.3, 0.4) is 0 Å². The molecule has 2 aliphatic carbocycles. The lowest BCUT2D eigenvalue weighted by Crippen LogP contribution is -2.36. The van der Waals surface area contributed by atoms with Crippen molar-refractivity contribution < 1.29 is 8.42 Å². The quantitative estimate of drug-likeness (QED) is 0.585. The van der Waals surface area contributed by atoms with Gasteiger partial charge >= 0.3 is 0 Å². The van der Waals surface area contributed by atoms with Crippen LogP contribution in [0.25, 0.3) is 0 Å². The van der Waals surface area contributed by atoms with E-state index in [4.69, 9.17) is 23.2 Å². The molecule has 6 heteroatoms. The van der Waals surface area contributed by atoms with Crippen molar-refractivity contribution in [3.05, 3.63) is 76.3 Å². The Hall–Kier alpha value is -1.33. The van der Waals surface area contributed by atoms with Gasteiger partial charge in [0.15, 0.2) is 0 Å². The zero-order valence-electron chi connectivity index (χ0n) is 14.8. The monoisotopic (exact) mass is 421 g/mol. The molecule has 0 amide bonds. The number of allylic oxidation sites excluding steroid dienone is 2. The molecule has 2 aliphatic rings. The van der Waals surface area contributed by atoms with Crippen LogP contribution < -0.4 is 0 Å². The maximum absolute atomic E-state index is 13.4. The highest BCUT2D eigenvalue weighted by Gasteiger charge is 2.38. The van der Waals surface area contributed by atoms with Gasteiger partial charge in [-0.05, 0) is 54.4 Å². The van der Waals surface area contributed by atoms with E-state index in [0.29, 0.717) is 35.9 Å². The van der Waals surface area contributed by atoms with Gasteiger partial charge in [-0.2, -0.15) is 4.31 Å². The Labute approximate surface area is 170 Å². The van der Waals surface area contributed by atoms with Crippen LogP contribution in [0.1, 0.15) is 18.4 Å². The van der Waals surface area contributed by atoms with Gasteiger partial charge in [0, 0.05) is 13.1 Å². The molecule has 0 aliphatic heterocycles. The van der Waals surface area contributed by atoms with Crippen molar-refractivity contribution in [1.29, 1.82) is 0 Å². The lowest BCUT2D eigenvalue weighted by molar-refractivity contribution is 0.307. The molecule has 0 spiro atoms. The summed E-state index contributed by atoms with van der Waals surface area (Å²) in [5, 5.41) is 0.601. The van der Waals surface area contributed by atoms with Gasteiger partial charge in [0.25, 0.3) is 0 Å². The zero-order chi connectivity index (χ0) is 19.0. The van der Waals surface area contributed by atoms with Gasteiger partial charge in [-0.3, -0.25) is 0 Å². The molecule has 0 radical (unpaired) electrons. The fourth-order valence-electron chi connectivity index (χ4n) is 4.19. The van der Waals surface area contributed by atoms with Crippen LogP contribution in [0.15, 0.2) is 65.6 Å². The summed E-state index contributed by atoms with van der Waals surface area (Å²) in [5.74, 6) is 1.45. The first kappa shape index (κ1) is 19.0. The van der Waals surface area contributed by atoms with Crippen LogP contribution in [0.2, 0.25) is 10.0 Å². The number of fused-ring (bicyclic) bond motifs is 2. The largest absolute Gasteiger partial charge is 0.243 e. The normalized spacial score (nSPS) is 24.0. The molecule has 1 saturated carbocycles. The third-order valence-electron chi connectivity index (χ3n) is 5.59. The Balaban J connectivity index is 1.65. The maximum atomic E-state index is 13.4. The van der Waals surface area contributed by atoms with Crippen molar-refractivity contribution in [3.63, 3.8) is 0 Å². The SMILES string of the molecule is O=S(=O)(c1ccc(Cl)c(Cl)c1)N(Cc1ccccc1)C[C@H]1C[C@H]2C=C[C@@H]1C2. The minimum Gasteiger partial charge on any atom is -0.207 e. The van der Waals surface area contributed by atoms with Crippen LogP contribution in [-0.4, -0.2) is 19.3 Å². The van der Waals surface area contributed by atoms with Gasteiger partial charge in [0.1, 0.15) is 0 Å². The summed E-state index contributed by atoms with van der Waals surface area (Å²) in [6.07, 6.45) is 6.74. The average Bonchev–Trinajstić information content (AvgIpc) is 3.27. The van der Waals surface area contributed by atoms with Gasteiger partial charge in [-0.15, -0.1) is 0 Å². The molecule has 1 fully saturated rings. The first-order valence-electron chi connectivity index (χ1n) is 9.11. The van der Waals surface area contributed by atoms with Crippen LogP contribution >= 0.6 is 23.2 Å². The molecule has 0 heterocycles. The molecule has 3 atom stereocenters. The van der Waals surface area contributed by atoms with Gasteiger partial charge in [-0.25, -0.2) is 8.42 Å². The number of sulfonamides is 1. The second-order valence-electron chi connectivity index (χ2n) is 7.40. The predicted molar refractivity (Wildman–Crippen MR) is 109 cm³/mol. The molecular formula is C21H21Cl2NO2S. The highest BCUT2D eigenvalue weighted by Crippen LogP contribution is 2.44. The van der Waals surface area contributed by atoms with Crippen molar-refractivity contribution in [2.45, 2.75) is 24.3 Å². The highest BCUT2D eigenvalue weighted by molar-refractivity contribution is 7.89. The Morgan fingerprint density at radius 1 is 0.963 bits per heavy atom. The van der Waals surface area contributed by atoms with E-state index < -0.39 is 10.0 Å². The Morgan fingerprint density at radius 2 is 1.74 bits per heavy atom. The number of hydrogen-bond acceptors (Lipinski definition) is 2. The van der Waals surface area contributed by atoms with E-state index in [-0.39, 0.29) is 9.92 Å². The molecule has 27 heavy (non-hydrogen) atoms. The summed E-state index contributed by atoms with van der Waals surface area (Å²) in [6, 6.07) is 14.2. The minimum atomic E-state index is -3.68. The summed E-state index contributed by atoms with van der Waals surface area (Å²) in [7, 11) is -3.68. The van der Waals surface area contributed by atoms with Crippen molar-refractivity contribution in [1.82, 2.24) is 4.31 Å². The predicted octanol–water partition coefficient (Wildman–Crippen LogP) is 5.40. The first-order chi connectivity index (χ1) is 12.9. The number of rotatable bonds is 6. The standard InChI is InChI=1S/C21H21Cl2NO2S/c22-20-9-8-19(12-21(20)23)27(25,26)24(13-15-4-2-1-3-5-15)14-18-11-16-6-7-17(18)10-16/h1-9,12,16-18H,10-11,13-14H2/t16-,17+,18+/m0/s1. The van der Waals surface area contributed by atoms with Gasteiger partial charge in [0.05, 0.1) is 14.9 Å². The molecule has 2 bridgehead atoms. The summed E-state index contributed by atoms with van der Waals surface area (Å²) in [6.45, 7) is 0.865. The lowest BCUT2D eigenvalue weighted by Gasteiger charge is -2.28. The molecule has 0 aromatic heterocycles. The Kier molecular flexibility index (Phi) is 5.34. The second kappa shape index (κ2) is 7.59. The summed E-state index contributed by atoms with van der Waals surface area (Å²) >= 11 is 12.1. The van der Waals surface area contributed by atoms with Gasteiger partial charge in [0.2, 0.25) is 10.0 Å². The Bertz CT molecular complexity index is 959. The van der Waals surface area contributed by atoms with Crippen molar-refractivity contribution >= 4 is 33.2 Å². The summed E-state index contributed by atoms with van der Waals surface area (Å²) in [4.78, 5) is 0.187. The molecule has 0 N–H and O–H groups in total.